The van der Waals surface area contributed by atoms with Gasteiger partial charge in [0.05, 0.1) is 44.3 Å². The van der Waals surface area contributed by atoms with Gasteiger partial charge < -0.3 is 9.47 Å². The van der Waals surface area contributed by atoms with Crippen molar-refractivity contribution in [2.75, 3.05) is 26.2 Å². The lowest BCUT2D eigenvalue weighted by atomic mass is 10.2. The van der Waals surface area contributed by atoms with Crippen molar-refractivity contribution in [2.24, 2.45) is 0 Å². The molecule has 1 fully saturated rings. The summed E-state index contributed by atoms with van der Waals surface area (Å²) in [7, 11) is 4.88. The molecule has 2 heterocycles. The van der Waals surface area contributed by atoms with Crippen molar-refractivity contribution in [3.8, 4) is 17.2 Å². The summed E-state index contributed by atoms with van der Waals surface area (Å²) >= 11 is 0. The number of methoxy groups -OCH3 is 2. The molecule has 8 nitrogen and oxygen atoms in total. The molecule has 0 radical (unpaired) electrons. The molecule has 0 aliphatic carbocycles. The number of carbonyl (C=O) groups excluding carboxylic acids is 2. The normalized spacial score (nSPS) is 16.3. The Morgan fingerprint density at radius 2 is 1.87 bits per heavy atom. The maximum absolute atomic E-state index is 13.2. The molecular weight excluding hydrogens is 396 g/mol. The number of carbonyl (C=O) groups is 2. The summed E-state index contributed by atoms with van der Waals surface area (Å²) < 4.78 is 12.4. The maximum atomic E-state index is 13.2. The number of aromatic nitrogens is 2. The van der Waals surface area contributed by atoms with E-state index >= 15 is 0 Å². The fraction of sp³-hybridized carbons (Fsp3) is 0.261. The van der Waals surface area contributed by atoms with Gasteiger partial charge in [-0.3, -0.25) is 14.5 Å². The molecule has 1 saturated heterocycles. The lowest BCUT2D eigenvalue weighted by molar-refractivity contribution is -0.122. The van der Waals surface area contributed by atoms with Crippen LogP contribution in [-0.2, 0) is 16.1 Å². The summed E-state index contributed by atoms with van der Waals surface area (Å²) in [6, 6.07) is 14.3. The monoisotopic (exact) mass is 420 g/mol. The van der Waals surface area contributed by atoms with E-state index in [2.05, 4.69) is 5.10 Å². The van der Waals surface area contributed by atoms with Gasteiger partial charge in [-0.1, -0.05) is 18.2 Å². The van der Waals surface area contributed by atoms with Crippen LogP contribution >= 0.6 is 0 Å². The van der Waals surface area contributed by atoms with Gasteiger partial charge in [0.2, 0.25) is 5.91 Å². The highest BCUT2D eigenvalue weighted by Gasteiger charge is 2.42. The van der Waals surface area contributed by atoms with Crippen molar-refractivity contribution >= 4 is 17.5 Å². The highest BCUT2D eigenvalue weighted by atomic mass is 16.5. The standard InChI is InChI=1S/C23H24N4O4/c1-25(14-16-13-24-26(15-16)17-7-5-4-6-8-17)20-12-22(28)27(23(20)29)19-10-9-18(30-2)11-21(19)31-3/h4-11,13,15,20H,12,14H2,1-3H3. The second-order valence-electron chi connectivity index (χ2n) is 7.37. The van der Waals surface area contributed by atoms with Crippen LogP contribution in [0.2, 0.25) is 0 Å². The minimum atomic E-state index is -0.556. The number of ether oxygens (including phenoxy) is 2. The van der Waals surface area contributed by atoms with E-state index in [-0.39, 0.29) is 18.2 Å². The second kappa shape index (κ2) is 8.61. The molecule has 2 aromatic carbocycles. The van der Waals surface area contributed by atoms with E-state index in [1.54, 1.807) is 36.2 Å². The third kappa shape index (κ3) is 4.02. The number of hydrogen-bond acceptors (Lipinski definition) is 6. The minimum Gasteiger partial charge on any atom is -0.497 e. The quantitative estimate of drug-likeness (QED) is 0.547. The fourth-order valence-electron chi connectivity index (χ4n) is 3.74. The minimum absolute atomic E-state index is 0.108. The summed E-state index contributed by atoms with van der Waals surface area (Å²) in [5, 5.41) is 4.40. The van der Waals surface area contributed by atoms with Gasteiger partial charge in [-0.05, 0) is 31.3 Å². The summed E-state index contributed by atoms with van der Waals surface area (Å²) in [5.74, 6) is 0.467. The van der Waals surface area contributed by atoms with Crippen molar-refractivity contribution in [2.45, 2.75) is 19.0 Å². The average molecular weight is 420 g/mol. The van der Waals surface area contributed by atoms with Crippen LogP contribution in [0.5, 0.6) is 11.5 Å². The first-order chi connectivity index (χ1) is 15.0. The zero-order valence-electron chi connectivity index (χ0n) is 17.7. The Morgan fingerprint density at radius 3 is 2.58 bits per heavy atom. The lowest BCUT2D eigenvalue weighted by Gasteiger charge is -2.23. The van der Waals surface area contributed by atoms with Crippen LogP contribution in [0.1, 0.15) is 12.0 Å². The van der Waals surface area contributed by atoms with Gasteiger partial charge in [-0.15, -0.1) is 0 Å². The van der Waals surface area contributed by atoms with Gasteiger partial charge in [0.1, 0.15) is 11.5 Å². The predicted octanol–water partition coefficient (Wildman–Crippen LogP) is 2.65. The molecule has 1 aliphatic heterocycles. The van der Waals surface area contributed by atoms with Gasteiger partial charge in [0, 0.05) is 24.4 Å². The predicted molar refractivity (Wildman–Crippen MR) is 115 cm³/mol. The van der Waals surface area contributed by atoms with Gasteiger partial charge >= 0.3 is 0 Å². The number of para-hydroxylation sites is 1. The zero-order valence-corrected chi connectivity index (χ0v) is 17.7. The summed E-state index contributed by atoms with van der Waals surface area (Å²) in [4.78, 5) is 29.0. The van der Waals surface area contributed by atoms with Crippen LogP contribution in [0.15, 0.2) is 60.9 Å². The van der Waals surface area contributed by atoms with Gasteiger partial charge in [0.15, 0.2) is 0 Å². The highest BCUT2D eigenvalue weighted by molar-refractivity contribution is 6.23. The molecule has 1 unspecified atom stereocenters. The van der Waals surface area contributed by atoms with Gasteiger partial charge in [-0.2, -0.15) is 5.10 Å². The molecular formula is C23H24N4O4. The van der Waals surface area contributed by atoms with Crippen molar-refractivity contribution in [1.82, 2.24) is 14.7 Å². The number of benzene rings is 2. The third-order valence-electron chi connectivity index (χ3n) is 5.37. The number of anilines is 1. The molecule has 2 amide bonds. The van der Waals surface area contributed by atoms with Gasteiger partial charge in [0.25, 0.3) is 5.91 Å². The van der Waals surface area contributed by atoms with Crippen LogP contribution < -0.4 is 14.4 Å². The van der Waals surface area contributed by atoms with Crippen molar-refractivity contribution in [1.29, 1.82) is 0 Å². The molecule has 4 rings (SSSR count). The largest absolute Gasteiger partial charge is 0.497 e. The Morgan fingerprint density at radius 1 is 1.10 bits per heavy atom. The van der Waals surface area contributed by atoms with E-state index in [1.807, 2.05) is 48.5 Å². The van der Waals surface area contributed by atoms with Crippen LogP contribution in [0, 0.1) is 0 Å². The first-order valence-electron chi connectivity index (χ1n) is 9.90. The molecule has 0 saturated carbocycles. The number of amides is 2. The Kier molecular flexibility index (Phi) is 5.73. The summed E-state index contributed by atoms with van der Waals surface area (Å²) in [6.45, 7) is 0.490. The van der Waals surface area contributed by atoms with E-state index in [0.29, 0.717) is 23.7 Å². The third-order valence-corrected chi connectivity index (χ3v) is 5.37. The molecule has 1 aromatic heterocycles. The van der Waals surface area contributed by atoms with E-state index in [1.165, 1.54) is 12.0 Å². The molecule has 0 N–H and O–H groups in total. The van der Waals surface area contributed by atoms with E-state index in [0.717, 1.165) is 11.3 Å². The molecule has 31 heavy (non-hydrogen) atoms. The van der Waals surface area contributed by atoms with E-state index in [4.69, 9.17) is 9.47 Å². The first kappa shape index (κ1) is 20.6. The molecule has 1 atom stereocenters. The van der Waals surface area contributed by atoms with Crippen molar-refractivity contribution in [3.05, 3.63) is 66.5 Å². The Balaban J connectivity index is 1.51. The Bertz CT molecular complexity index is 1100. The Labute approximate surface area is 180 Å². The van der Waals surface area contributed by atoms with E-state index < -0.39 is 6.04 Å². The topological polar surface area (TPSA) is 76.9 Å². The Hall–Kier alpha value is -3.65. The second-order valence-corrected chi connectivity index (χ2v) is 7.37. The SMILES string of the molecule is COc1ccc(N2C(=O)CC(N(C)Cc3cnn(-c4ccccc4)c3)C2=O)c(OC)c1. The van der Waals surface area contributed by atoms with Crippen LogP contribution in [-0.4, -0.2) is 53.8 Å². The summed E-state index contributed by atoms with van der Waals surface area (Å²) in [6.07, 6.45) is 3.81. The zero-order chi connectivity index (χ0) is 22.0. The number of likely N-dealkylation sites (N-methyl/N-ethyl adjacent to an activating group) is 1. The summed E-state index contributed by atoms with van der Waals surface area (Å²) in [5.41, 5.74) is 2.33. The van der Waals surface area contributed by atoms with Crippen LogP contribution in [0.25, 0.3) is 5.69 Å². The van der Waals surface area contributed by atoms with Crippen molar-refractivity contribution in [3.63, 3.8) is 0 Å². The van der Waals surface area contributed by atoms with Crippen LogP contribution in [0.3, 0.4) is 0 Å². The molecule has 160 valence electrons. The highest BCUT2D eigenvalue weighted by Crippen LogP contribution is 2.36. The number of nitrogens with zero attached hydrogens (tertiary/aromatic N) is 4. The number of rotatable bonds is 7. The van der Waals surface area contributed by atoms with E-state index in [9.17, 15) is 9.59 Å². The molecule has 3 aromatic rings. The maximum Gasteiger partial charge on any atom is 0.251 e. The average Bonchev–Trinajstić information content (AvgIpc) is 3.38. The molecule has 8 heteroatoms. The first-order valence-corrected chi connectivity index (χ1v) is 9.90. The molecule has 1 aliphatic rings. The molecule has 0 spiro atoms. The number of hydrogen-bond donors (Lipinski definition) is 0. The lowest BCUT2D eigenvalue weighted by Crippen LogP contribution is -2.39. The van der Waals surface area contributed by atoms with Gasteiger partial charge in [-0.25, -0.2) is 9.58 Å². The van der Waals surface area contributed by atoms with Crippen molar-refractivity contribution < 1.29 is 19.1 Å². The number of imide groups is 1. The molecule has 0 bridgehead atoms. The fourth-order valence-corrected chi connectivity index (χ4v) is 3.74. The van der Waals surface area contributed by atoms with Crippen LogP contribution in [0.4, 0.5) is 5.69 Å². The smallest absolute Gasteiger partial charge is 0.251 e.